The number of ether oxygens (including phenoxy) is 3. The van der Waals surface area contributed by atoms with Gasteiger partial charge in [-0.25, -0.2) is 4.98 Å². The van der Waals surface area contributed by atoms with Crippen LogP contribution in [0, 0.1) is 0 Å². The van der Waals surface area contributed by atoms with E-state index >= 15 is 0 Å². The summed E-state index contributed by atoms with van der Waals surface area (Å²) < 4.78 is 16.7. The minimum absolute atomic E-state index is 0.0102. The molecule has 1 fully saturated rings. The van der Waals surface area contributed by atoms with E-state index < -0.39 is 0 Å². The summed E-state index contributed by atoms with van der Waals surface area (Å²) in [6.07, 6.45) is 0. The molecule has 1 aliphatic heterocycles. The van der Waals surface area contributed by atoms with Crippen LogP contribution in [0.3, 0.4) is 0 Å². The van der Waals surface area contributed by atoms with Crippen molar-refractivity contribution in [1.82, 2.24) is 9.88 Å². The standard InChI is InChI=1S/C23H25N3O4S/c1-28-20-6-4-3-5-19(20)25-9-11-26(12-10-25)23(27)17-7-8-21(22(13-17)29-2)30-14-18-15-31-16-24-18/h3-8,13,15-16H,9-12,14H2,1-2H3. The molecule has 1 amide bonds. The van der Waals surface area contributed by atoms with Crippen LogP contribution in [0.2, 0.25) is 0 Å². The second-order valence-electron chi connectivity index (χ2n) is 7.09. The van der Waals surface area contributed by atoms with E-state index in [2.05, 4.69) is 9.88 Å². The van der Waals surface area contributed by atoms with E-state index in [4.69, 9.17) is 14.2 Å². The van der Waals surface area contributed by atoms with Crippen molar-refractivity contribution < 1.29 is 19.0 Å². The maximum atomic E-state index is 13.1. The molecule has 0 atom stereocenters. The van der Waals surface area contributed by atoms with Crippen LogP contribution in [0.4, 0.5) is 5.69 Å². The van der Waals surface area contributed by atoms with Crippen molar-refractivity contribution in [3.63, 3.8) is 0 Å². The molecule has 0 saturated carbocycles. The molecule has 7 nitrogen and oxygen atoms in total. The van der Waals surface area contributed by atoms with Crippen LogP contribution in [-0.4, -0.2) is 56.2 Å². The van der Waals surface area contributed by atoms with Crippen molar-refractivity contribution in [2.45, 2.75) is 6.61 Å². The zero-order valence-electron chi connectivity index (χ0n) is 17.6. The van der Waals surface area contributed by atoms with Crippen LogP contribution in [0.25, 0.3) is 0 Å². The number of piperazine rings is 1. The summed E-state index contributed by atoms with van der Waals surface area (Å²) >= 11 is 1.52. The third-order valence-electron chi connectivity index (χ3n) is 5.26. The lowest BCUT2D eigenvalue weighted by atomic mass is 10.1. The molecule has 162 valence electrons. The largest absolute Gasteiger partial charge is 0.495 e. The summed E-state index contributed by atoms with van der Waals surface area (Å²) in [6, 6.07) is 13.3. The summed E-state index contributed by atoms with van der Waals surface area (Å²) in [5, 5.41) is 1.94. The summed E-state index contributed by atoms with van der Waals surface area (Å²) in [6.45, 7) is 3.14. The van der Waals surface area contributed by atoms with Crippen LogP contribution < -0.4 is 19.1 Å². The molecule has 2 aromatic carbocycles. The highest BCUT2D eigenvalue weighted by molar-refractivity contribution is 7.07. The van der Waals surface area contributed by atoms with Gasteiger partial charge in [0.2, 0.25) is 0 Å². The molecular weight excluding hydrogens is 414 g/mol. The van der Waals surface area contributed by atoms with Crippen molar-refractivity contribution in [2.24, 2.45) is 0 Å². The molecule has 0 spiro atoms. The van der Waals surface area contributed by atoms with Gasteiger partial charge in [0.15, 0.2) is 11.5 Å². The van der Waals surface area contributed by atoms with E-state index in [1.807, 2.05) is 34.5 Å². The summed E-state index contributed by atoms with van der Waals surface area (Å²) in [4.78, 5) is 21.4. The van der Waals surface area contributed by atoms with Crippen LogP contribution in [0.5, 0.6) is 17.2 Å². The number of anilines is 1. The van der Waals surface area contributed by atoms with Crippen LogP contribution in [0.15, 0.2) is 53.4 Å². The normalized spacial score (nSPS) is 13.7. The number of carbonyl (C=O) groups excluding carboxylic acids is 1. The van der Waals surface area contributed by atoms with Crippen LogP contribution in [0.1, 0.15) is 16.1 Å². The van der Waals surface area contributed by atoms with Gasteiger partial charge in [-0.05, 0) is 30.3 Å². The van der Waals surface area contributed by atoms with Gasteiger partial charge in [-0.2, -0.15) is 0 Å². The van der Waals surface area contributed by atoms with E-state index in [1.165, 1.54) is 11.3 Å². The first kappa shape index (κ1) is 21.0. The summed E-state index contributed by atoms with van der Waals surface area (Å²) in [5.41, 5.74) is 4.27. The van der Waals surface area contributed by atoms with Gasteiger partial charge in [0.1, 0.15) is 12.4 Å². The second kappa shape index (κ2) is 9.70. The first-order valence-electron chi connectivity index (χ1n) is 10.0. The molecule has 31 heavy (non-hydrogen) atoms. The average molecular weight is 440 g/mol. The predicted molar refractivity (Wildman–Crippen MR) is 121 cm³/mol. The fourth-order valence-electron chi connectivity index (χ4n) is 3.60. The number of nitrogens with zero attached hydrogens (tertiary/aromatic N) is 3. The lowest BCUT2D eigenvalue weighted by molar-refractivity contribution is 0.0746. The molecule has 3 aromatic rings. The Kier molecular flexibility index (Phi) is 6.57. The summed E-state index contributed by atoms with van der Waals surface area (Å²) in [5.74, 6) is 1.96. The molecule has 1 aliphatic rings. The third kappa shape index (κ3) is 4.74. The minimum atomic E-state index is -0.0102. The van der Waals surface area contributed by atoms with E-state index in [-0.39, 0.29) is 5.91 Å². The van der Waals surface area contributed by atoms with Crippen molar-refractivity contribution in [1.29, 1.82) is 0 Å². The van der Waals surface area contributed by atoms with Gasteiger partial charge in [-0.1, -0.05) is 12.1 Å². The molecule has 1 aromatic heterocycles. The maximum Gasteiger partial charge on any atom is 0.254 e. The van der Waals surface area contributed by atoms with Gasteiger partial charge in [-0.15, -0.1) is 11.3 Å². The van der Waals surface area contributed by atoms with Gasteiger partial charge >= 0.3 is 0 Å². The van der Waals surface area contributed by atoms with Crippen molar-refractivity contribution in [3.8, 4) is 17.2 Å². The first-order valence-corrected chi connectivity index (χ1v) is 11.0. The smallest absolute Gasteiger partial charge is 0.254 e. The lowest BCUT2D eigenvalue weighted by Gasteiger charge is -2.36. The van der Waals surface area contributed by atoms with Gasteiger partial charge in [-0.3, -0.25) is 4.79 Å². The number of aromatic nitrogens is 1. The van der Waals surface area contributed by atoms with Crippen molar-refractivity contribution in [3.05, 3.63) is 64.6 Å². The fraction of sp³-hybridized carbons (Fsp3) is 0.304. The Morgan fingerprint density at radius 2 is 1.77 bits per heavy atom. The van der Waals surface area contributed by atoms with Crippen LogP contribution >= 0.6 is 11.3 Å². The molecule has 0 aliphatic carbocycles. The SMILES string of the molecule is COc1cc(C(=O)N2CCN(c3ccccc3OC)CC2)ccc1OCc1cscn1. The number of amides is 1. The molecule has 0 N–H and O–H groups in total. The number of hydrogen-bond donors (Lipinski definition) is 0. The Labute approximate surface area is 185 Å². The molecule has 1 saturated heterocycles. The Balaban J connectivity index is 1.40. The highest BCUT2D eigenvalue weighted by atomic mass is 32.1. The number of methoxy groups -OCH3 is 2. The average Bonchev–Trinajstić information content (AvgIpc) is 3.36. The van der Waals surface area contributed by atoms with E-state index in [0.717, 1.165) is 30.2 Å². The van der Waals surface area contributed by atoms with E-state index in [9.17, 15) is 4.79 Å². The predicted octanol–water partition coefficient (Wildman–Crippen LogP) is 3.70. The molecular formula is C23H25N3O4S. The highest BCUT2D eigenvalue weighted by Gasteiger charge is 2.24. The molecule has 2 heterocycles. The monoisotopic (exact) mass is 439 g/mol. The number of para-hydroxylation sites is 2. The van der Waals surface area contributed by atoms with Crippen molar-refractivity contribution >= 4 is 22.9 Å². The molecule has 4 rings (SSSR count). The molecule has 0 unspecified atom stereocenters. The second-order valence-corrected chi connectivity index (χ2v) is 7.80. The molecule has 8 heteroatoms. The quantitative estimate of drug-likeness (QED) is 0.559. The van der Waals surface area contributed by atoms with Gasteiger partial charge < -0.3 is 24.0 Å². The molecule has 0 radical (unpaired) electrons. The van der Waals surface area contributed by atoms with Gasteiger partial charge in [0.05, 0.1) is 31.1 Å². The van der Waals surface area contributed by atoms with E-state index in [0.29, 0.717) is 36.8 Å². The fourth-order valence-corrected chi connectivity index (χ4v) is 4.15. The maximum absolute atomic E-state index is 13.1. The zero-order chi connectivity index (χ0) is 21.6. The van der Waals surface area contributed by atoms with Crippen LogP contribution in [-0.2, 0) is 6.61 Å². The first-order chi connectivity index (χ1) is 15.2. The number of hydrogen-bond acceptors (Lipinski definition) is 7. The third-order valence-corrected chi connectivity index (χ3v) is 5.90. The number of rotatable bonds is 7. The lowest BCUT2D eigenvalue weighted by Crippen LogP contribution is -2.48. The Morgan fingerprint density at radius 3 is 2.48 bits per heavy atom. The Bertz CT molecular complexity index is 1020. The minimum Gasteiger partial charge on any atom is -0.495 e. The summed E-state index contributed by atoms with van der Waals surface area (Å²) in [7, 11) is 3.25. The zero-order valence-corrected chi connectivity index (χ0v) is 18.4. The number of benzene rings is 2. The molecule has 0 bridgehead atoms. The Morgan fingerprint density at radius 1 is 1.00 bits per heavy atom. The van der Waals surface area contributed by atoms with Gasteiger partial charge in [0, 0.05) is 37.1 Å². The highest BCUT2D eigenvalue weighted by Crippen LogP contribution is 2.31. The Hall–Kier alpha value is -3.26. The van der Waals surface area contributed by atoms with Crippen molar-refractivity contribution in [2.75, 3.05) is 45.3 Å². The topological polar surface area (TPSA) is 64.1 Å². The van der Waals surface area contributed by atoms with Gasteiger partial charge in [0.25, 0.3) is 5.91 Å². The number of thiazole rings is 1. The number of carbonyl (C=O) groups is 1. The van der Waals surface area contributed by atoms with E-state index in [1.54, 1.807) is 37.9 Å².